The molecule has 0 radical (unpaired) electrons. The maximum absolute atomic E-state index is 12.2. The van der Waals surface area contributed by atoms with E-state index < -0.39 is 12.6 Å². The van der Waals surface area contributed by atoms with Gasteiger partial charge in [0.05, 0.1) is 6.42 Å². The fourth-order valence-corrected chi connectivity index (χ4v) is 2.82. The fraction of sp³-hybridized carbons (Fsp3) is 0.600. The Hall–Kier alpha value is -1.07. The van der Waals surface area contributed by atoms with E-state index >= 15 is 0 Å². The van der Waals surface area contributed by atoms with Crippen molar-refractivity contribution in [2.24, 2.45) is 0 Å². The van der Waals surface area contributed by atoms with E-state index in [0.717, 1.165) is 25.9 Å². The Bertz CT molecular complexity index is 397. The average molecular weight is 286 g/mol. The van der Waals surface area contributed by atoms with Crippen molar-refractivity contribution in [3.05, 3.63) is 35.9 Å². The monoisotopic (exact) mass is 286 g/mol. The molecule has 0 bridgehead atoms. The lowest BCUT2D eigenvalue weighted by atomic mass is 9.73. The van der Waals surface area contributed by atoms with Gasteiger partial charge >= 0.3 is 6.18 Å². The molecule has 0 amide bonds. The fourth-order valence-electron chi connectivity index (χ4n) is 2.82. The molecule has 0 spiro atoms. The zero-order chi connectivity index (χ0) is 14.5. The van der Waals surface area contributed by atoms with Gasteiger partial charge in [-0.05, 0) is 31.5 Å². The number of hydrogen-bond donors (Lipinski definition) is 2. The number of piperidine rings is 1. The largest absolute Gasteiger partial charge is 0.390 e. The molecule has 1 aliphatic rings. The van der Waals surface area contributed by atoms with E-state index in [-0.39, 0.29) is 12.0 Å². The molecule has 1 aromatic carbocycles. The van der Waals surface area contributed by atoms with Crippen molar-refractivity contribution in [3.63, 3.8) is 0 Å². The Balaban J connectivity index is 1.98. The molecule has 1 aliphatic heterocycles. The first kappa shape index (κ1) is 15.3. The first-order chi connectivity index (χ1) is 9.52. The minimum absolute atomic E-state index is 0.00842. The zero-order valence-electron chi connectivity index (χ0n) is 11.5. The number of alkyl halides is 3. The Morgan fingerprint density at radius 3 is 2.35 bits per heavy atom. The van der Waals surface area contributed by atoms with Crippen LogP contribution in [0.3, 0.4) is 0 Å². The summed E-state index contributed by atoms with van der Waals surface area (Å²) >= 11 is 0. The lowest BCUT2D eigenvalue weighted by molar-refractivity contribution is -0.133. The quantitative estimate of drug-likeness (QED) is 0.813. The van der Waals surface area contributed by atoms with Crippen molar-refractivity contribution in [1.29, 1.82) is 0 Å². The number of rotatable bonds is 5. The first-order valence-electron chi connectivity index (χ1n) is 7.06. The summed E-state index contributed by atoms with van der Waals surface area (Å²) < 4.78 is 36.6. The summed E-state index contributed by atoms with van der Waals surface area (Å²) in [6.45, 7) is 2.42. The number of hydrogen-bond acceptors (Lipinski definition) is 2. The molecule has 0 atom stereocenters. The predicted octanol–water partition coefficient (Wildman–Crippen LogP) is 2.85. The van der Waals surface area contributed by atoms with E-state index in [1.165, 1.54) is 5.56 Å². The van der Waals surface area contributed by atoms with Crippen LogP contribution in [0.4, 0.5) is 13.2 Å². The molecule has 2 rings (SSSR count). The highest BCUT2D eigenvalue weighted by Gasteiger charge is 2.34. The van der Waals surface area contributed by atoms with E-state index in [0.29, 0.717) is 6.54 Å². The summed E-state index contributed by atoms with van der Waals surface area (Å²) in [5, 5.41) is 6.32. The van der Waals surface area contributed by atoms with Gasteiger partial charge in [0, 0.05) is 18.5 Å². The molecular formula is C15H21F3N2. The van der Waals surface area contributed by atoms with Gasteiger partial charge in [0.25, 0.3) is 0 Å². The van der Waals surface area contributed by atoms with Crippen LogP contribution in [0.1, 0.15) is 24.8 Å². The second-order valence-corrected chi connectivity index (χ2v) is 5.44. The van der Waals surface area contributed by atoms with Crippen LogP contribution < -0.4 is 10.6 Å². The zero-order valence-corrected chi connectivity index (χ0v) is 11.5. The number of halogens is 3. The van der Waals surface area contributed by atoms with Crippen LogP contribution in [0.5, 0.6) is 0 Å². The van der Waals surface area contributed by atoms with Crippen molar-refractivity contribution < 1.29 is 13.2 Å². The summed E-state index contributed by atoms with van der Waals surface area (Å²) in [5.74, 6) is 0. The molecule has 1 fully saturated rings. The molecule has 1 saturated heterocycles. The van der Waals surface area contributed by atoms with Crippen LogP contribution in [-0.2, 0) is 5.41 Å². The van der Waals surface area contributed by atoms with Crippen LogP contribution in [-0.4, -0.2) is 32.4 Å². The number of benzene rings is 1. The molecular weight excluding hydrogens is 265 g/mol. The highest BCUT2D eigenvalue weighted by molar-refractivity contribution is 5.27. The third-order valence-corrected chi connectivity index (χ3v) is 4.00. The summed E-state index contributed by atoms with van der Waals surface area (Å²) in [6.07, 6.45) is -2.94. The van der Waals surface area contributed by atoms with Crippen LogP contribution >= 0.6 is 0 Å². The van der Waals surface area contributed by atoms with E-state index in [9.17, 15) is 13.2 Å². The Morgan fingerprint density at radius 1 is 1.10 bits per heavy atom. The standard InChI is InChI=1S/C15H21F3N2/c16-15(17,18)8-11-20-12-14(6-9-19-10-7-14)13-4-2-1-3-5-13/h1-5,19-20H,6-12H2. The molecule has 1 aromatic rings. The van der Waals surface area contributed by atoms with E-state index in [4.69, 9.17) is 0 Å². The molecule has 2 nitrogen and oxygen atoms in total. The topological polar surface area (TPSA) is 24.1 Å². The van der Waals surface area contributed by atoms with E-state index in [2.05, 4.69) is 22.8 Å². The lowest BCUT2D eigenvalue weighted by Gasteiger charge is -2.38. The molecule has 1 heterocycles. The average Bonchev–Trinajstić information content (AvgIpc) is 2.45. The smallest absolute Gasteiger partial charge is 0.317 e. The van der Waals surface area contributed by atoms with Crippen molar-refractivity contribution in [3.8, 4) is 0 Å². The molecule has 20 heavy (non-hydrogen) atoms. The van der Waals surface area contributed by atoms with Crippen LogP contribution in [0.15, 0.2) is 30.3 Å². The SMILES string of the molecule is FC(F)(F)CCNCC1(c2ccccc2)CCNCC1. The minimum Gasteiger partial charge on any atom is -0.317 e. The van der Waals surface area contributed by atoms with Gasteiger partial charge in [0.2, 0.25) is 0 Å². The maximum atomic E-state index is 12.2. The van der Waals surface area contributed by atoms with Crippen LogP contribution in [0.25, 0.3) is 0 Å². The normalized spacial score (nSPS) is 18.9. The third kappa shape index (κ3) is 4.21. The number of nitrogens with one attached hydrogen (secondary N) is 2. The van der Waals surface area contributed by atoms with Gasteiger partial charge in [0.1, 0.15) is 0 Å². The van der Waals surface area contributed by atoms with Gasteiger partial charge in [-0.1, -0.05) is 30.3 Å². The molecule has 0 aromatic heterocycles. The predicted molar refractivity (Wildman–Crippen MR) is 73.8 cm³/mol. The molecule has 0 saturated carbocycles. The Kier molecular flexibility index (Phi) is 5.05. The second kappa shape index (κ2) is 6.59. The molecule has 112 valence electrons. The lowest BCUT2D eigenvalue weighted by Crippen LogP contribution is -2.46. The van der Waals surface area contributed by atoms with E-state index in [1.807, 2.05) is 18.2 Å². The summed E-state index contributed by atoms with van der Waals surface area (Å²) in [7, 11) is 0. The Morgan fingerprint density at radius 2 is 1.75 bits per heavy atom. The highest BCUT2D eigenvalue weighted by Crippen LogP contribution is 2.32. The van der Waals surface area contributed by atoms with Crippen molar-refractivity contribution in [2.75, 3.05) is 26.2 Å². The van der Waals surface area contributed by atoms with Gasteiger partial charge in [-0.3, -0.25) is 0 Å². The van der Waals surface area contributed by atoms with Crippen molar-refractivity contribution in [2.45, 2.75) is 30.9 Å². The van der Waals surface area contributed by atoms with Gasteiger partial charge in [0.15, 0.2) is 0 Å². The summed E-state index contributed by atoms with van der Waals surface area (Å²) in [4.78, 5) is 0. The summed E-state index contributed by atoms with van der Waals surface area (Å²) in [5.41, 5.74) is 1.18. The van der Waals surface area contributed by atoms with Crippen LogP contribution in [0, 0.1) is 0 Å². The molecule has 5 heteroatoms. The molecule has 2 N–H and O–H groups in total. The van der Waals surface area contributed by atoms with Gasteiger partial charge < -0.3 is 10.6 Å². The van der Waals surface area contributed by atoms with Gasteiger partial charge in [-0.25, -0.2) is 0 Å². The van der Waals surface area contributed by atoms with Crippen molar-refractivity contribution in [1.82, 2.24) is 10.6 Å². The third-order valence-electron chi connectivity index (χ3n) is 4.00. The minimum atomic E-state index is -4.08. The summed E-state index contributed by atoms with van der Waals surface area (Å²) in [6, 6.07) is 10.1. The Labute approximate surface area is 117 Å². The molecule has 0 aliphatic carbocycles. The van der Waals surface area contributed by atoms with E-state index in [1.54, 1.807) is 0 Å². The highest BCUT2D eigenvalue weighted by atomic mass is 19.4. The van der Waals surface area contributed by atoms with Crippen LogP contribution in [0.2, 0.25) is 0 Å². The second-order valence-electron chi connectivity index (χ2n) is 5.44. The van der Waals surface area contributed by atoms with Gasteiger partial charge in [-0.2, -0.15) is 13.2 Å². The van der Waals surface area contributed by atoms with Gasteiger partial charge in [-0.15, -0.1) is 0 Å². The van der Waals surface area contributed by atoms with Crippen molar-refractivity contribution >= 4 is 0 Å². The maximum Gasteiger partial charge on any atom is 0.390 e. The first-order valence-corrected chi connectivity index (χ1v) is 7.06. The molecule has 0 unspecified atom stereocenters.